The Morgan fingerprint density at radius 2 is 0.892 bits per heavy atom. The number of carbonyl (C=O) groups is 2. The van der Waals surface area contributed by atoms with Gasteiger partial charge in [-0.25, -0.2) is 9.98 Å². The van der Waals surface area contributed by atoms with Crippen molar-refractivity contribution >= 4 is 60.4 Å². The minimum absolute atomic E-state index is 0. The van der Waals surface area contributed by atoms with Crippen molar-refractivity contribution in [3.63, 3.8) is 0 Å². The molecule has 2 heterocycles. The van der Waals surface area contributed by atoms with E-state index in [2.05, 4.69) is 19.8 Å². The zero-order chi connectivity index (χ0) is 21.9. The number of likely N-dealkylation sites (tertiary alicyclic amines) is 2. The van der Waals surface area contributed by atoms with Crippen LogP contribution in [0.5, 0.6) is 0 Å². The molecule has 6 N–H and O–H groups in total. The average molecular weight is 556 g/mol. The van der Waals surface area contributed by atoms with E-state index in [-0.39, 0.29) is 52.8 Å². The quantitative estimate of drug-likeness (QED) is 0.358. The third-order valence-corrected chi connectivity index (χ3v) is 6.51. The highest BCUT2D eigenvalue weighted by atomic mass is 35.5. The van der Waals surface area contributed by atoms with Crippen molar-refractivity contribution in [2.45, 2.75) is 38.5 Å². The first-order valence-corrected chi connectivity index (χ1v) is 11.6. The van der Waals surface area contributed by atoms with E-state index in [0.717, 1.165) is 26.2 Å². The molecule has 0 aromatic heterocycles. The minimum Gasteiger partial charge on any atom is -0.412 e. The summed E-state index contributed by atoms with van der Waals surface area (Å²) in [5.74, 6) is -0.257. The Balaban J connectivity index is 0.00000259. The first kappa shape index (κ1) is 34.2. The van der Waals surface area contributed by atoms with E-state index in [4.69, 9.17) is 0 Å². The van der Waals surface area contributed by atoms with Crippen LogP contribution in [0.4, 0.5) is 11.4 Å². The van der Waals surface area contributed by atoms with Gasteiger partial charge in [-0.05, 0) is 74.9 Å². The monoisotopic (exact) mass is 554 g/mol. The second kappa shape index (κ2) is 15.4. The SMILES string of the molecule is Cl.Cl.O.O.O.O=C1c2ccc(/N=C/N3CCCCC3)cc2C(=O)c2ccc(/N=C/N3CCCCC3)cc21. The lowest BCUT2D eigenvalue weighted by Gasteiger charge is -2.24. The van der Waals surface area contributed by atoms with E-state index < -0.39 is 0 Å². The number of ketones is 2. The van der Waals surface area contributed by atoms with E-state index in [0.29, 0.717) is 33.6 Å². The number of aliphatic imine (C=N–C) groups is 2. The molecule has 0 spiro atoms. The van der Waals surface area contributed by atoms with Crippen molar-refractivity contribution in [3.05, 3.63) is 58.7 Å². The highest BCUT2D eigenvalue weighted by Gasteiger charge is 2.30. The van der Waals surface area contributed by atoms with Gasteiger partial charge in [-0.15, -0.1) is 24.8 Å². The van der Waals surface area contributed by atoms with Crippen LogP contribution < -0.4 is 0 Å². The molecule has 2 aromatic carbocycles. The number of benzene rings is 2. The fraction of sp³-hybridized carbons (Fsp3) is 0.385. The van der Waals surface area contributed by atoms with Crippen LogP contribution in [0.15, 0.2) is 46.4 Å². The molecule has 0 saturated carbocycles. The molecule has 9 nitrogen and oxygen atoms in total. The van der Waals surface area contributed by atoms with Gasteiger partial charge in [0.1, 0.15) is 0 Å². The fourth-order valence-electron chi connectivity index (χ4n) is 4.65. The summed E-state index contributed by atoms with van der Waals surface area (Å²) in [5.41, 5.74) is 3.14. The maximum Gasteiger partial charge on any atom is 0.194 e. The van der Waals surface area contributed by atoms with Crippen molar-refractivity contribution in [2.24, 2.45) is 9.98 Å². The predicted molar refractivity (Wildman–Crippen MR) is 152 cm³/mol. The third-order valence-electron chi connectivity index (χ3n) is 6.51. The Morgan fingerprint density at radius 1 is 0.541 bits per heavy atom. The van der Waals surface area contributed by atoms with Gasteiger partial charge in [0.05, 0.1) is 24.1 Å². The first-order chi connectivity index (χ1) is 15.7. The Hall–Kier alpha value is -2.82. The van der Waals surface area contributed by atoms with Crippen LogP contribution in [0.1, 0.15) is 70.4 Å². The van der Waals surface area contributed by atoms with Crippen LogP contribution in [0, 0.1) is 0 Å². The van der Waals surface area contributed by atoms with Gasteiger partial charge in [-0.1, -0.05) is 0 Å². The van der Waals surface area contributed by atoms with E-state index in [9.17, 15) is 9.59 Å². The van der Waals surface area contributed by atoms with Gasteiger partial charge in [0.15, 0.2) is 11.6 Å². The first-order valence-electron chi connectivity index (χ1n) is 11.6. The molecule has 2 fully saturated rings. The van der Waals surface area contributed by atoms with E-state index in [1.165, 1.54) is 38.5 Å². The molecule has 0 bridgehead atoms. The number of carbonyl (C=O) groups excluding carboxylic acids is 2. The summed E-state index contributed by atoms with van der Waals surface area (Å²) in [7, 11) is 0. The second-order valence-electron chi connectivity index (χ2n) is 8.80. The smallest absolute Gasteiger partial charge is 0.194 e. The maximum absolute atomic E-state index is 13.2. The number of halogens is 2. The highest BCUT2D eigenvalue weighted by molar-refractivity contribution is 6.28. The molecule has 0 radical (unpaired) electrons. The molecule has 2 aliphatic heterocycles. The summed E-state index contributed by atoms with van der Waals surface area (Å²) in [6, 6.07) is 10.6. The zero-order valence-corrected chi connectivity index (χ0v) is 22.2. The average Bonchev–Trinajstić information content (AvgIpc) is 2.86. The fourth-order valence-corrected chi connectivity index (χ4v) is 4.65. The number of piperidine rings is 2. The van der Waals surface area contributed by atoms with Gasteiger partial charge >= 0.3 is 0 Å². The van der Waals surface area contributed by atoms with E-state index in [1.807, 2.05) is 24.8 Å². The van der Waals surface area contributed by atoms with Gasteiger partial charge in [0.25, 0.3) is 0 Å². The Bertz CT molecular complexity index is 1030. The molecular formula is C26H36Cl2N4O5. The molecule has 11 heteroatoms. The van der Waals surface area contributed by atoms with Gasteiger partial charge in [0, 0.05) is 48.4 Å². The molecule has 0 amide bonds. The lowest BCUT2D eigenvalue weighted by Crippen LogP contribution is -2.28. The van der Waals surface area contributed by atoms with Crippen molar-refractivity contribution in [3.8, 4) is 0 Å². The third kappa shape index (κ3) is 7.59. The summed E-state index contributed by atoms with van der Waals surface area (Å²) < 4.78 is 0. The Labute approximate surface area is 229 Å². The molecule has 0 atom stereocenters. The van der Waals surface area contributed by atoms with E-state index in [1.54, 1.807) is 24.3 Å². The summed E-state index contributed by atoms with van der Waals surface area (Å²) in [4.78, 5) is 39.8. The van der Waals surface area contributed by atoms with E-state index >= 15 is 0 Å². The standard InChI is InChI=1S/C26H28N4O2.2ClH.3H2O/c31-25-22-10-8-20(28-18-30-13-5-2-6-14-30)16-24(22)26(32)21-9-7-19(15-23(21)25)27-17-29-11-3-1-4-12-29;;;;;/h7-10,15-18H,1-6,11-14H2;2*1H;3*1H2/b27-17+,28-18+;;;;;. The number of hydrogen-bond donors (Lipinski definition) is 0. The van der Waals surface area contributed by atoms with Crippen LogP contribution >= 0.6 is 24.8 Å². The largest absolute Gasteiger partial charge is 0.412 e. The van der Waals surface area contributed by atoms with Crippen LogP contribution in [0.2, 0.25) is 0 Å². The Kier molecular flexibility index (Phi) is 14.3. The van der Waals surface area contributed by atoms with Gasteiger partial charge < -0.3 is 26.2 Å². The molecular weight excluding hydrogens is 519 g/mol. The normalized spacial score (nSPS) is 16.4. The zero-order valence-electron chi connectivity index (χ0n) is 20.6. The van der Waals surface area contributed by atoms with Crippen molar-refractivity contribution in [2.75, 3.05) is 26.2 Å². The molecule has 37 heavy (non-hydrogen) atoms. The lowest BCUT2D eigenvalue weighted by molar-refractivity contribution is 0.0979. The molecule has 3 aliphatic rings. The number of nitrogens with zero attached hydrogens (tertiary/aromatic N) is 4. The van der Waals surface area contributed by atoms with Gasteiger partial charge in [0.2, 0.25) is 0 Å². The topological polar surface area (TPSA) is 160 Å². The van der Waals surface area contributed by atoms with Crippen molar-refractivity contribution in [1.82, 2.24) is 9.80 Å². The van der Waals surface area contributed by atoms with Crippen molar-refractivity contribution < 1.29 is 26.0 Å². The second-order valence-corrected chi connectivity index (χ2v) is 8.80. The van der Waals surface area contributed by atoms with Gasteiger partial charge in [-0.2, -0.15) is 0 Å². The Morgan fingerprint density at radius 3 is 1.24 bits per heavy atom. The highest BCUT2D eigenvalue weighted by Crippen LogP contribution is 2.32. The minimum atomic E-state index is -0.129. The maximum atomic E-state index is 13.2. The molecule has 0 unspecified atom stereocenters. The summed E-state index contributed by atoms with van der Waals surface area (Å²) in [6.07, 6.45) is 11.0. The molecule has 2 saturated heterocycles. The summed E-state index contributed by atoms with van der Waals surface area (Å²) in [6.45, 7) is 4.06. The molecule has 204 valence electrons. The predicted octanol–water partition coefficient (Wildman–Crippen LogP) is 3.12. The molecule has 1 aliphatic carbocycles. The van der Waals surface area contributed by atoms with Crippen LogP contribution in [0.25, 0.3) is 0 Å². The lowest BCUT2D eigenvalue weighted by atomic mass is 9.83. The number of hydrogen-bond acceptors (Lipinski definition) is 4. The summed E-state index contributed by atoms with van der Waals surface area (Å²) in [5, 5.41) is 0. The van der Waals surface area contributed by atoms with Crippen molar-refractivity contribution in [1.29, 1.82) is 0 Å². The van der Waals surface area contributed by atoms with Gasteiger partial charge in [-0.3, -0.25) is 9.59 Å². The summed E-state index contributed by atoms with van der Waals surface area (Å²) >= 11 is 0. The van der Waals surface area contributed by atoms with Crippen LogP contribution in [-0.4, -0.2) is 76.7 Å². The van der Waals surface area contributed by atoms with Crippen LogP contribution in [-0.2, 0) is 0 Å². The molecule has 2 aromatic rings. The number of rotatable bonds is 4. The number of fused-ring (bicyclic) bond motifs is 2. The van der Waals surface area contributed by atoms with Crippen LogP contribution in [0.3, 0.4) is 0 Å². The molecule has 5 rings (SSSR count).